The first kappa shape index (κ1) is 15.3. The molecule has 114 valence electrons. The van der Waals surface area contributed by atoms with Crippen LogP contribution in [0.15, 0.2) is 0 Å². The minimum atomic E-state index is -0.841. The molecule has 1 saturated carbocycles. The van der Waals surface area contributed by atoms with E-state index in [0.29, 0.717) is 25.3 Å². The maximum atomic E-state index is 12.5. The van der Waals surface area contributed by atoms with E-state index in [1.165, 1.54) is 6.42 Å². The fraction of sp³-hybridized carbons (Fsp3) is 0.867. The van der Waals surface area contributed by atoms with Gasteiger partial charge in [0, 0.05) is 19.0 Å². The smallest absolute Gasteiger partial charge is 0.326 e. The summed E-state index contributed by atoms with van der Waals surface area (Å²) in [6, 6.07) is -0.447. The minimum Gasteiger partial charge on any atom is -0.480 e. The molecule has 3 atom stereocenters. The van der Waals surface area contributed by atoms with Gasteiger partial charge in [0.25, 0.3) is 0 Å². The van der Waals surface area contributed by atoms with Crippen molar-refractivity contribution in [3.05, 3.63) is 0 Å². The predicted octanol–water partition coefficient (Wildman–Crippen LogP) is 1.57. The van der Waals surface area contributed by atoms with Crippen molar-refractivity contribution in [2.45, 2.75) is 57.0 Å². The minimum absolute atomic E-state index is 0.0164. The van der Waals surface area contributed by atoms with Crippen LogP contribution < -0.4 is 0 Å². The highest BCUT2D eigenvalue weighted by Gasteiger charge is 2.43. The molecule has 0 aromatic rings. The highest BCUT2D eigenvalue weighted by Crippen LogP contribution is 2.38. The van der Waals surface area contributed by atoms with Crippen molar-refractivity contribution in [3.63, 3.8) is 0 Å². The molecule has 0 radical (unpaired) electrons. The lowest BCUT2D eigenvalue weighted by Gasteiger charge is -2.47. The molecule has 0 aromatic carbocycles. The molecule has 3 unspecified atom stereocenters. The second-order valence-corrected chi connectivity index (χ2v) is 6.40. The van der Waals surface area contributed by atoms with E-state index in [-0.39, 0.29) is 11.9 Å². The van der Waals surface area contributed by atoms with Crippen molar-refractivity contribution in [1.29, 1.82) is 0 Å². The Hall–Kier alpha value is -1.10. The monoisotopic (exact) mass is 282 g/mol. The first-order valence-corrected chi connectivity index (χ1v) is 7.69. The lowest BCUT2D eigenvalue weighted by atomic mass is 9.76. The first-order valence-electron chi connectivity index (χ1n) is 7.69. The van der Waals surface area contributed by atoms with E-state index >= 15 is 0 Å². The predicted molar refractivity (Wildman–Crippen MR) is 76.4 cm³/mol. The van der Waals surface area contributed by atoms with Crippen LogP contribution in [-0.2, 0) is 9.59 Å². The average Bonchev–Trinajstić information content (AvgIpc) is 2.43. The van der Waals surface area contributed by atoms with Gasteiger partial charge >= 0.3 is 5.97 Å². The van der Waals surface area contributed by atoms with E-state index in [4.69, 9.17) is 0 Å². The number of rotatable bonds is 4. The number of nitrogens with zero attached hydrogens (tertiary/aromatic N) is 2. The summed E-state index contributed by atoms with van der Waals surface area (Å²) >= 11 is 0. The highest BCUT2D eigenvalue weighted by atomic mass is 16.4. The number of fused-ring (bicyclic) bond motifs is 1. The molecule has 2 aliphatic rings. The van der Waals surface area contributed by atoms with Gasteiger partial charge in [-0.25, -0.2) is 4.79 Å². The summed E-state index contributed by atoms with van der Waals surface area (Å²) in [6.07, 6.45) is 6.45. The zero-order chi connectivity index (χ0) is 14.7. The van der Waals surface area contributed by atoms with Crippen LogP contribution >= 0.6 is 0 Å². The van der Waals surface area contributed by atoms with Crippen molar-refractivity contribution in [1.82, 2.24) is 9.80 Å². The fourth-order valence-electron chi connectivity index (χ4n) is 3.68. The van der Waals surface area contributed by atoms with Crippen molar-refractivity contribution in [2.75, 3.05) is 20.6 Å². The number of hydrogen-bond acceptors (Lipinski definition) is 3. The van der Waals surface area contributed by atoms with Crippen molar-refractivity contribution < 1.29 is 14.7 Å². The van der Waals surface area contributed by atoms with Gasteiger partial charge < -0.3 is 14.9 Å². The summed E-state index contributed by atoms with van der Waals surface area (Å²) in [5.41, 5.74) is 0. The van der Waals surface area contributed by atoms with Gasteiger partial charge in [-0.15, -0.1) is 0 Å². The lowest BCUT2D eigenvalue weighted by molar-refractivity contribution is -0.158. The third-order valence-corrected chi connectivity index (χ3v) is 4.72. The van der Waals surface area contributed by atoms with Gasteiger partial charge in [-0.1, -0.05) is 12.8 Å². The number of carbonyl (C=O) groups is 2. The van der Waals surface area contributed by atoms with Crippen molar-refractivity contribution in [2.24, 2.45) is 5.92 Å². The molecule has 0 spiro atoms. The SMILES string of the molecule is CN(C)CCC(=O)N1C(C(=O)O)CCC2CCCCC21. The molecule has 20 heavy (non-hydrogen) atoms. The van der Waals surface area contributed by atoms with E-state index in [1.807, 2.05) is 19.0 Å². The van der Waals surface area contributed by atoms with Gasteiger partial charge in [-0.2, -0.15) is 0 Å². The molecule has 1 amide bonds. The number of carboxylic acid groups (broad SMARTS) is 1. The number of hydrogen-bond donors (Lipinski definition) is 1. The number of aliphatic carboxylic acids is 1. The number of piperidine rings is 1. The van der Waals surface area contributed by atoms with Gasteiger partial charge in [0.2, 0.25) is 5.91 Å². The molecule has 1 aliphatic carbocycles. The van der Waals surface area contributed by atoms with Crippen LogP contribution in [0.25, 0.3) is 0 Å². The van der Waals surface area contributed by atoms with Gasteiger partial charge in [-0.3, -0.25) is 4.79 Å². The third-order valence-electron chi connectivity index (χ3n) is 4.72. The molecule has 0 bridgehead atoms. The van der Waals surface area contributed by atoms with Crippen LogP contribution in [0.4, 0.5) is 0 Å². The standard InChI is InChI=1S/C15H26N2O3/c1-16(2)10-9-14(18)17-12-6-4-3-5-11(12)7-8-13(17)15(19)20/h11-13H,3-10H2,1-2H3,(H,19,20). The Balaban J connectivity index is 2.12. The van der Waals surface area contributed by atoms with Crippen LogP contribution in [0.3, 0.4) is 0 Å². The van der Waals surface area contributed by atoms with E-state index in [1.54, 1.807) is 4.90 Å². The van der Waals surface area contributed by atoms with Crippen LogP contribution in [0.2, 0.25) is 0 Å². The van der Waals surface area contributed by atoms with Crippen LogP contribution in [0, 0.1) is 5.92 Å². The zero-order valence-corrected chi connectivity index (χ0v) is 12.5. The maximum Gasteiger partial charge on any atom is 0.326 e. The summed E-state index contributed by atoms with van der Waals surface area (Å²) in [4.78, 5) is 27.7. The molecule has 1 heterocycles. The Kier molecular flexibility index (Phi) is 5.02. The summed E-state index contributed by atoms with van der Waals surface area (Å²) in [6.45, 7) is 0.680. The quantitative estimate of drug-likeness (QED) is 0.850. The summed E-state index contributed by atoms with van der Waals surface area (Å²) < 4.78 is 0. The molecular formula is C15H26N2O3. The summed E-state index contributed by atoms with van der Waals surface area (Å²) in [7, 11) is 3.86. The Morgan fingerprint density at radius 3 is 2.50 bits per heavy atom. The lowest BCUT2D eigenvalue weighted by Crippen LogP contribution is -2.57. The number of likely N-dealkylation sites (tertiary alicyclic amines) is 1. The highest BCUT2D eigenvalue weighted by molar-refractivity contribution is 5.84. The summed E-state index contributed by atoms with van der Waals surface area (Å²) in [5.74, 6) is -0.308. The molecule has 0 aromatic heterocycles. The van der Waals surface area contributed by atoms with Crippen LogP contribution in [0.1, 0.15) is 44.9 Å². The van der Waals surface area contributed by atoms with Crippen molar-refractivity contribution >= 4 is 11.9 Å². The second kappa shape index (κ2) is 6.57. The number of amides is 1. The van der Waals surface area contributed by atoms with Gasteiger partial charge in [0.1, 0.15) is 6.04 Å². The molecular weight excluding hydrogens is 256 g/mol. The first-order chi connectivity index (χ1) is 9.50. The van der Waals surface area contributed by atoms with E-state index < -0.39 is 12.0 Å². The van der Waals surface area contributed by atoms with E-state index in [0.717, 1.165) is 25.7 Å². The fourth-order valence-corrected chi connectivity index (χ4v) is 3.68. The number of carboxylic acids is 1. The van der Waals surface area contributed by atoms with Gasteiger partial charge in [-0.05, 0) is 45.7 Å². The summed E-state index contributed by atoms with van der Waals surface area (Å²) in [5, 5.41) is 9.42. The molecule has 5 nitrogen and oxygen atoms in total. The maximum absolute atomic E-state index is 12.5. The van der Waals surface area contributed by atoms with E-state index in [2.05, 4.69) is 0 Å². The third kappa shape index (κ3) is 3.32. The van der Waals surface area contributed by atoms with Gasteiger partial charge in [0.15, 0.2) is 0 Å². The molecule has 1 N–H and O–H groups in total. The van der Waals surface area contributed by atoms with E-state index in [9.17, 15) is 14.7 Å². The Bertz CT molecular complexity index is 370. The van der Waals surface area contributed by atoms with Crippen molar-refractivity contribution in [3.8, 4) is 0 Å². The molecule has 1 aliphatic heterocycles. The second-order valence-electron chi connectivity index (χ2n) is 6.40. The topological polar surface area (TPSA) is 60.9 Å². The average molecular weight is 282 g/mol. The van der Waals surface area contributed by atoms with Crippen LogP contribution in [0.5, 0.6) is 0 Å². The molecule has 2 rings (SSSR count). The Morgan fingerprint density at radius 1 is 1.15 bits per heavy atom. The normalized spacial score (nSPS) is 30.1. The zero-order valence-electron chi connectivity index (χ0n) is 12.5. The van der Waals surface area contributed by atoms with Gasteiger partial charge in [0.05, 0.1) is 0 Å². The molecule has 5 heteroatoms. The molecule has 1 saturated heterocycles. The Morgan fingerprint density at radius 2 is 1.85 bits per heavy atom. The van der Waals surface area contributed by atoms with Crippen LogP contribution in [-0.4, -0.2) is 59.5 Å². The number of carbonyl (C=O) groups excluding carboxylic acids is 1. The Labute approximate surface area is 120 Å². The largest absolute Gasteiger partial charge is 0.480 e. The molecule has 2 fully saturated rings.